The molecule has 6 heteroatoms. The van der Waals surface area contributed by atoms with Crippen molar-refractivity contribution in [2.75, 3.05) is 18.4 Å². The largest absolute Gasteiger partial charge is 0.480 e. The van der Waals surface area contributed by atoms with Gasteiger partial charge in [-0.2, -0.15) is 0 Å². The molecule has 1 atom stereocenters. The van der Waals surface area contributed by atoms with Crippen molar-refractivity contribution in [3.63, 3.8) is 0 Å². The predicted molar refractivity (Wildman–Crippen MR) is 102 cm³/mol. The molecule has 0 saturated heterocycles. The maximum atomic E-state index is 12.1. The van der Waals surface area contributed by atoms with Crippen molar-refractivity contribution in [1.29, 1.82) is 0 Å². The third kappa shape index (κ3) is 7.04. The van der Waals surface area contributed by atoms with Crippen LogP contribution in [0, 0.1) is 6.92 Å². The minimum absolute atomic E-state index is 0.123. The number of aryl methyl sites for hydroxylation is 1. The highest BCUT2D eigenvalue weighted by molar-refractivity contribution is 5.94. The lowest BCUT2D eigenvalue weighted by Gasteiger charge is -2.15. The topological polar surface area (TPSA) is 90.5 Å². The maximum absolute atomic E-state index is 12.1. The van der Waals surface area contributed by atoms with Crippen LogP contribution >= 0.6 is 0 Å². The average Bonchev–Trinajstić information content (AvgIpc) is 2.61. The van der Waals surface area contributed by atoms with E-state index in [1.807, 2.05) is 55.5 Å². The molecule has 0 heterocycles. The fraction of sp³-hybridized carbons (Fsp3) is 0.300. The molecule has 0 aromatic heterocycles. The first-order valence-corrected chi connectivity index (χ1v) is 8.62. The molecule has 0 aliphatic carbocycles. The van der Waals surface area contributed by atoms with Crippen LogP contribution in [0.2, 0.25) is 0 Å². The molecule has 2 aromatic carbocycles. The second kappa shape index (κ2) is 10.3. The van der Waals surface area contributed by atoms with Crippen LogP contribution in [0.5, 0.6) is 0 Å². The molecule has 2 aromatic rings. The van der Waals surface area contributed by atoms with Crippen molar-refractivity contribution in [3.8, 4) is 0 Å². The third-order valence-corrected chi connectivity index (χ3v) is 3.85. The molecule has 4 N–H and O–H groups in total. The molecule has 0 saturated carbocycles. The van der Waals surface area contributed by atoms with Crippen molar-refractivity contribution >= 4 is 17.6 Å². The number of carbonyl (C=O) groups is 2. The van der Waals surface area contributed by atoms with Gasteiger partial charge < -0.3 is 21.1 Å². The zero-order valence-electron chi connectivity index (χ0n) is 14.9. The summed E-state index contributed by atoms with van der Waals surface area (Å²) in [4.78, 5) is 23.4. The van der Waals surface area contributed by atoms with Crippen LogP contribution in [-0.2, 0) is 16.1 Å². The number of hydrogen-bond acceptors (Lipinski definition) is 4. The lowest BCUT2D eigenvalue weighted by Crippen LogP contribution is -2.42. The summed E-state index contributed by atoms with van der Waals surface area (Å²) in [5, 5.41) is 18.2. The smallest absolute Gasteiger partial charge is 0.321 e. The number of benzene rings is 2. The van der Waals surface area contributed by atoms with Gasteiger partial charge in [0.15, 0.2) is 0 Å². The molecular formula is C20H25N3O3. The van der Waals surface area contributed by atoms with E-state index >= 15 is 0 Å². The number of aliphatic carboxylic acids is 1. The van der Waals surface area contributed by atoms with Crippen LogP contribution in [0.15, 0.2) is 54.6 Å². The number of anilines is 1. The summed E-state index contributed by atoms with van der Waals surface area (Å²) in [5.74, 6) is -1.36. The van der Waals surface area contributed by atoms with E-state index in [9.17, 15) is 14.7 Å². The van der Waals surface area contributed by atoms with Crippen LogP contribution in [-0.4, -0.2) is 36.1 Å². The summed E-state index contributed by atoms with van der Waals surface area (Å²) in [7, 11) is 0. The summed E-state index contributed by atoms with van der Waals surface area (Å²) < 4.78 is 0. The first kappa shape index (κ1) is 19.6. The van der Waals surface area contributed by atoms with Crippen LogP contribution in [0.1, 0.15) is 17.5 Å². The van der Waals surface area contributed by atoms with Crippen molar-refractivity contribution < 1.29 is 14.7 Å². The Balaban J connectivity index is 1.72. The van der Waals surface area contributed by atoms with E-state index in [1.54, 1.807) is 6.07 Å². The minimum atomic E-state index is -1.03. The van der Waals surface area contributed by atoms with E-state index in [1.165, 1.54) is 5.56 Å². The Morgan fingerprint density at radius 1 is 1.04 bits per heavy atom. The molecule has 1 amide bonds. The summed E-state index contributed by atoms with van der Waals surface area (Å²) >= 11 is 0. The SMILES string of the molecule is Cc1cccc(NC(=O)C[C@@H](NCCNCc2ccccc2)C(=O)O)c1. The quantitative estimate of drug-likeness (QED) is 0.490. The van der Waals surface area contributed by atoms with Gasteiger partial charge >= 0.3 is 5.97 Å². The van der Waals surface area contributed by atoms with Gasteiger partial charge in [0.05, 0.1) is 6.42 Å². The van der Waals surface area contributed by atoms with E-state index in [0.29, 0.717) is 25.3 Å². The summed E-state index contributed by atoms with van der Waals surface area (Å²) in [5.41, 5.74) is 2.86. The van der Waals surface area contributed by atoms with Gasteiger partial charge in [0.1, 0.15) is 6.04 Å². The van der Waals surface area contributed by atoms with Crippen molar-refractivity contribution in [3.05, 3.63) is 65.7 Å². The highest BCUT2D eigenvalue weighted by Gasteiger charge is 2.20. The number of rotatable bonds is 10. The van der Waals surface area contributed by atoms with Gasteiger partial charge in [-0.3, -0.25) is 9.59 Å². The first-order valence-electron chi connectivity index (χ1n) is 8.62. The van der Waals surface area contributed by atoms with E-state index in [-0.39, 0.29) is 12.3 Å². The molecule has 0 fully saturated rings. The van der Waals surface area contributed by atoms with Crippen LogP contribution in [0.3, 0.4) is 0 Å². The number of carboxylic acids is 1. The van der Waals surface area contributed by atoms with Crippen molar-refractivity contribution in [1.82, 2.24) is 10.6 Å². The van der Waals surface area contributed by atoms with Gasteiger partial charge in [-0.05, 0) is 30.2 Å². The molecule has 0 aliphatic rings. The first-order chi connectivity index (χ1) is 12.5. The summed E-state index contributed by atoms with van der Waals surface area (Å²) in [6.07, 6.45) is -0.123. The Bertz CT molecular complexity index is 719. The zero-order chi connectivity index (χ0) is 18.8. The molecule has 26 heavy (non-hydrogen) atoms. The number of amides is 1. The van der Waals surface area contributed by atoms with E-state index in [4.69, 9.17) is 0 Å². The van der Waals surface area contributed by atoms with Crippen LogP contribution in [0.4, 0.5) is 5.69 Å². The van der Waals surface area contributed by atoms with Gasteiger partial charge in [0.25, 0.3) is 0 Å². The molecule has 138 valence electrons. The highest BCUT2D eigenvalue weighted by Crippen LogP contribution is 2.10. The van der Waals surface area contributed by atoms with Gasteiger partial charge in [-0.25, -0.2) is 0 Å². The van der Waals surface area contributed by atoms with Gasteiger partial charge in [-0.15, -0.1) is 0 Å². The molecule has 0 spiro atoms. The number of hydrogen-bond donors (Lipinski definition) is 4. The molecule has 0 bridgehead atoms. The molecule has 0 radical (unpaired) electrons. The molecule has 0 unspecified atom stereocenters. The van der Waals surface area contributed by atoms with Crippen molar-refractivity contribution in [2.45, 2.75) is 25.9 Å². The molecule has 6 nitrogen and oxygen atoms in total. The van der Waals surface area contributed by atoms with Gasteiger partial charge in [0, 0.05) is 25.3 Å². The Morgan fingerprint density at radius 2 is 1.81 bits per heavy atom. The third-order valence-electron chi connectivity index (χ3n) is 3.85. The predicted octanol–water partition coefficient (Wildman–Crippen LogP) is 2.16. The van der Waals surface area contributed by atoms with Crippen molar-refractivity contribution in [2.24, 2.45) is 0 Å². The zero-order valence-corrected chi connectivity index (χ0v) is 14.9. The Kier molecular flexibility index (Phi) is 7.79. The minimum Gasteiger partial charge on any atom is -0.480 e. The van der Waals surface area contributed by atoms with Crippen LogP contribution in [0.25, 0.3) is 0 Å². The lowest BCUT2D eigenvalue weighted by molar-refractivity contribution is -0.141. The monoisotopic (exact) mass is 355 g/mol. The van der Waals surface area contributed by atoms with E-state index in [0.717, 1.165) is 5.56 Å². The fourth-order valence-corrected chi connectivity index (χ4v) is 2.53. The normalized spacial score (nSPS) is 11.7. The molecule has 2 rings (SSSR count). The highest BCUT2D eigenvalue weighted by atomic mass is 16.4. The number of carboxylic acid groups (broad SMARTS) is 1. The Morgan fingerprint density at radius 3 is 2.50 bits per heavy atom. The average molecular weight is 355 g/mol. The summed E-state index contributed by atoms with van der Waals surface area (Å²) in [6.45, 7) is 3.72. The Labute approximate surface area is 153 Å². The standard InChI is InChI=1S/C20H25N3O3/c1-15-6-5-9-17(12-15)23-19(24)13-18(20(25)26)22-11-10-21-14-16-7-3-2-4-8-16/h2-9,12,18,21-22H,10-11,13-14H2,1H3,(H,23,24)(H,25,26)/t18-/m1/s1. The number of carbonyl (C=O) groups excluding carboxylic acids is 1. The van der Waals surface area contributed by atoms with E-state index < -0.39 is 12.0 Å². The van der Waals surface area contributed by atoms with Crippen LogP contribution < -0.4 is 16.0 Å². The second-order valence-electron chi connectivity index (χ2n) is 6.13. The summed E-state index contributed by atoms with van der Waals surface area (Å²) in [6, 6.07) is 16.4. The van der Waals surface area contributed by atoms with Gasteiger partial charge in [-0.1, -0.05) is 42.5 Å². The van der Waals surface area contributed by atoms with E-state index in [2.05, 4.69) is 16.0 Å². The Hall–Kier alpha value is -2.70. The number of nitrogens with one attached hydrogen (secondary N) is 3. The van der Waals surface area contributed by atoms with Gasteiger partial charge in [0.2, 0.25) is 5.91 Å². The lowest BCUT2D eigenvalue weighted by atomic mass is 10.1. The second-order valence-corrected chi connectivity index (χ2v) is 6.13. The molecule has 0 aliphatic heterocycles. The fourth-order valence-electron chi connectivity index (χ4n) is 2.53. The molecular weight excluding hydrogens is 330 g/mol. The maximum Gasteiger partial charge on any atom is 0.321 e.